The van der Waals surface area contributed by atoms with Gasteiger partial charge in [0, 0.05) is 40.8 Å². The number of anilines is 1. The molecule has 0 atom stereocenters. The summed E-state index contributed by atoms with van der Waals surface area (Å²) in [6.45, 7) is 4.76. The summed E-state index contributed by atoms with van der Waals surface area (Å²) in [6.07, 6.45) is 1.83. The highest BCUT2D eigenvalue weighted by molar-refractivity contribution is 6.33. The molecule has 0 radical (unpaired) electrons. The molecule has 134 valence electrons. The van der Waals surface area contributed by atoms with Gasteiger partial charge in [-0.15, -0.1) is 0 Å². The first-order valence-corrected chi connectivity index (χ1v) is 9.30. The van der Waals surface area contributed by atoms with Gasteiger partial charge in [0.25, 0.3) is 0 Å². The molecule has 0 spiro atoms. The Hall–Kier alpha value is -2.91. The maximum absolute atomic E-state index is 6.51. The van der Waals surface area contributed by atoms with Crippen molar-refractivity contribution in [3.63, 3.8) is 0 Å². The van der Waals surface area contributed by atoms with Crippen molar-refractivity contribution in [2.24, 2.45) is 0 Å². The molecule has 0 bridgehead atoms. The Kier molecular flexibility index (Phi) is 4.78. The van der Waals surface area contributed by atoms with Gasteiger partial charge in [-0.25, -0.2) is 0 Å². The minimum absolute atomic E-state index is 0.692. The molecule has 2 aromatic carbocycles. The monoisotopic (exact) mass is 373 g/mol. The molecule has 2 aromatic heterocycles. The molecule has 0 aliphatic carbocycles. The Morgan fingerprint density at radius 2 is 1.81 bits per heavy atom. The predicted octanol–water partition coefficient (Wildman–Crippen LogP) is 6.18. The highest BCUT2D eigenvalue weighted by Crippen LogP contribution is 2.33. The summed E-state index contributed by atoms with van der Waals surface area (Å²) in [6, 6.07) is 20.4. The fourth-order valence-corrected chi connectivity index (χ4v) is 3.46. The minimum Gasteiger partial charge on any atom is -0.381 e. The minimum atomic E-state index is 0.692. The number of hydrogen-bond acceptors (Lipinski definition) is 3. The summed E-state index contributed by atoms with van der Waals surface area (Å²) in [4.78, 5) is 9.13. The maximum Gasteiger partial charge on any atom is 0.0796 e. The van der Waals surface area contributed by atoms with Crippen LogP contribution in [0.25, 0.3) is 22.0 Å². The molecule has 4 aromatic rings. The van der Waals surface area contributed by atoms with Crippen molar-refractivity contribution in [3.05, 3.63) is 88.8 Å². The summed E-state index contributed by atoms with van der Waals surface area (Å²) in [5.41, 5.74) is 6.09. The zero-order valence-electron chi connectivity index (χ0n) is 15.3. The maximum atomic E-state index is 6.51. The molecule has 0 aliphatic rings. The van der Waals surface area contributed by atoms with E-state index in [-0.39, 0.29) is 0 Å². The number of benzene rings is 2. The Morgan fingerprint density at radius 1 is 0.963 bits per heavy atom. The Labute approximate surface area is 164 Å². The van der Waals surface area contributed by atoms with Crippen LogP contribution >= 0.6 is 11.6 Å². The Morgan fingerprint density at radius 3 is 2.67 bits per heavy atom. The highest BCUT2D eigenvalue weighted by Gasteiger charge is 2.10. The zero-order valence-corrected chi connectivity index (χ0v) is 16.1. The largest absolute Gasteiger partial charge is 0.381 e. The first kappa shape index (κ1) is 17.5. The van der Waals surface area contributed by atoms with Crippen LogP contribution in [-0.2, 0) is 6.54 Å². The van der Waals surface area contributed by atoms with Crippen LogP contribution in [0.3, 0.4) is 0 Å². The van der Waals surface area contributed by atoms with Crippen LogP contribution in [0.2, 0.25) is 5.02 Å². The molecule has 0 fully saturated rings. The zero-order chi connectivity index (χ0) is 18.8. The van der Waals surface area contributed by atoms with Crippen LogP contribution < -0.4 is 5.32 Å². The molecule has 0 unspecified atom stereocenters. The summed E-state index contributed by atoms with van der Waals surface area (Å²) in [5, 5.41) is 6.42. The number of fused-ring (bicyclic) bond motifs is 1. The van der Waals surface area contributed by atoms with Gasteiger partial charge < -0.3 is 5.32 Å². The average Bonchev–Trinajstić information content (AvgIpc) is 2.68. The fraction of sp³-hybridized carbons (Fsp3) is 0.130. The molecule has 4 heteroatoms. The van der Waals surface area contributed by atoms with E-state index in [9.17, 15) is 0 Å². The molecule has 4 rings (SSSR count). The normalized spacial score (nSPS) is 10.9. The van der Waals surface area contributed by atoms with Crippen molar-refractivity contribution in [2.75, 3.05) is 5.32 Å². The van der Waals surface area contributed by atoms with Crippen molar-refractivity contribution in [2.45, 2.75) is 20.4 Å². The molecule has 0 saturated carbocycles. The molecule has 0 aliphatic heterocycles. The van der Waals surface area contributed by atoms with E-state index in [1.807, 2.05) is 56.4 Å². The molecule has 1 N–H and O–H groups in total. The molecule has 2 heterocycles. The van der Waals surface area contributed by atoms with E-state index < -0.39 is 0 Å². The van der Waals surface area contributed by atoms with Crippen molar-refractivity contribution in [1.29, 1.82) is 0 Å². The topological polar surface area (TPSA) is 37.8 Å². The number of nitrogens with one attached hydrogen (secondary N) is 1. The lowest BCUT2D eigenvalue weighted by Gasteiger charge is -2.12. The third kappa shape index (κ3) is 3.64. The van der Waals surface area contributed by atoms with E-state index in [1.165, 1.54) is 5.56 Å². The molecule has 3 nitrogen and oxygen atoms in total. The van der Waals surface area contributed by atoms with Crippen molar-refractivity contribution in [1.82, 2.24) is 9.97 Å². The quantitative estimate of drug-likeness (QED) is 0.464. The number of aromatic nitrogens is 2. The second kappa shape index (κ2) is 7.37. The van der Waals surface area contributed by atoms with Crippen LogP contribution in [0.5, 0.6) is 0 Å². The Balaban J connectivity index is 1.67. The fourth-order valence-electron chi connectivity index (χ4n) is 3.25. The number of aryl methyl sites for hydroxylation is 2. The summed E-state index contributed by atoms with van der Waals surface area (Å²) in [7, 11) is 0. The third-order valence-corrected chi connectivity index (χ3v) is 5.04. The second-order valence-corrected chi connectivity index (χ2v) is 7.03. The third-order valence-electron chi connectivity index (χ3n) is 4.71. The predicted molar refractivity (Wildman–Crippen MR) is 113 cm³/mol. The number of hydrogen-bond donors (Lipinski definition) is 1. The lowest BCUT2D eigenvalue weighted by molar-refractivity contribution is 1.03. The smallest absolute Gasteiger partial charge is 0.0796 e. The van der Waals surface area contributed by atoms with E-state index in [1.54, 1.807) is 0 Å². The molecule has 0 saturated heterocycles. The second-order valence-electron chi connectivity index (χ2n) is 6.63. The van der Waals surface area contributed by atoms with E-state index in [2.05, 4.69) is 39.6 Å². The van der Waals surface area contributed by atoms with E-state index >= 15 is 0 Å². The molecule has 27 heavy (non-hydrogen) atoms. The number of pyridine rings is 2. The van der Waals surface area contributed by atoms with Crippen LogP contribution in [-0.4, -0.2) is 9.97 Å². The highest BCUT2D eigenvalue weighted by atomic mass is 35.5. The number of rotatable bonds is 4. The molecule has 0 amide bonds. The van der Waals surface area contributed by atoms with E-state index in [0.29, 0.717) is 11.6 Å². The van der Waals surface area contributed by atoms with E-state index in [0.717, 1.165) is 39.1 Å². The van der Waals surface area contributed by atoms with Gasteiger partial charge in [-0.3, -0.25) is 9.97 Å². The average molecular weight is 374 g/mol. The van der Waals surface area contributed by atoms with E-state index in [4.69, 9.17) is 11.6 Å². The van der Waals surface area contributed by atoms with Gasteiger partial charge in [0.05, 0.1) is 10.7 Å². The van der Waals surface area contributed by atoms with Gasteiger partial charge in [0.1, 0.15) is 0 Å². The van der Waals surface area contributed by atoms with Crippen LogP contribution in [0.1, 0.15) is 17.0 Å². The van der Waals surface area contributed by atoms with Gasteiger partial charge in [-0.2, -0.15) is 0 Å². The summed E-state index contributed by atoms with van der Waals surface area (Å²) < 4.78 is 0. The van der Waals surface area contributed by atoms with Crippen molar-refractivity contribution < 1.29 is 0 Å². The standard InChI is InChI=1S/C23H20ClN3/c1-15-7-8-18(16(2)27-15)14-26-19-9-10-22(24)21(13-19)23-20-6-4-3-5-17(20)11-12-25-23/h3-13,26H,14H2,1-2H3. The van der Waals surface area contributed by atoms with Crippen LogP contribution in [0.15, 0.2) is 66.9 Å². The molecular formula is C23H20ClN3. The molecular weight excluding hydrogens is 354 g/mol. The van der Waals surface area contributed by atoms with Gasteiger partial charge in [-0.1, -0.05) is 41.9 Å². The summed E-state index contributed by atoms with van der Waals surface area (Å²) in [5.74, 6) is 0. The SMILES string of the molecule is Cc1ccc(CNc2ccc(Cl)c(-c3nccc4ccccc34)c2)c(C)n1. The lowest BCUT2D eigenvalue weighted by atomic mass is 10.0. The number of halogens is 1. The Bertz CT molecular complexity index is 1120. The van der Waals surface area contributed by atoms with Crippen LogP contribution in [0.4, 0.5) is 5.69 Å². The lowest BCUT2D eigenvalue weighted by Crippen LogP contribution is -2.03. The van der Waals surface area contributed by atoms with Crippen molar-refractivity contribution in [3.8, 4) is 11.3 Å². The van der Waals surface area contributed by atoms with Gasteiger partial charge in [0.15, 0.2) is 0 Å². The van der Waals surface area contributed by atoms with Crippen molar-refractivity contribution >= 4 is 28.1 Å². The van der Waals surface area contributed by atoms with Crippen LogP contribution in [0, 0.1) is 13.8 Å². The number of nitrogens with zero attached hydrogens (tertiary/aromatic N) is 2. The first-order chi connectivity index (χ1) is 13.1. The van der Waals surface area contributed by atoms with Gasteiger partial charge >= 0.3 is 0 Å². The first-order valence-electron chi connectivity index (χ1n) is 8.92. The van der Waals surface area contributed by atoms with Gasteiger partial charge in [-0.05, 0) is 55.1 Å². The van der Waals surface area contributed by atoms with Gasteiger partial charge in [0.2, 0.25) is 0 Å². The summed E-state index contributed by atoms with van der Waals surface area (Å²) >= 11 is 6.51.